The number of ether oxygens (including phenoxy) is 1. The van der Waals surface area contributed by atoms with Crippen molar-refractivity contribution >= 4 is 6.09 Å². The number of hydrogen-bond acceptors (Lipinski definition) is 3. The summed E-state index contributed by atoms with van der Waals surface area (Å²) in [4.78, 5) is 14.0. The van der Waals surface area contributed by atoms with E-state index in [2.05, 4.69) is 0 Å². The Hall–Kier alpha value is -1.55. The van der Waals surface area contributed by atoms with Gasteiger partial charge in [-0.1, -0.05) is 44.2 Å². The van der Waals surface area contributed by atoms with E-state index in [1.807, 2.05) is 44.2 Å². The molecule has 1 heterocycles. The first-order valence-electron chi connectivity index (χ1n) is 7.17. The molecule has 1 N–H and O–H groups in total. The molecule has 1 amide bonds. The highest BCUT2D eigenvalue weighted by Crippen LogP contribution is 2.53. The highest BCUT2D eigenvalue weighted by Gasteiger charge is 2.62. The number of fused-ring (bicyclic) bond motifs is 1. The predicted molar refractivity (Wildman–Crippen MR) is 75.0 cm³/mol. The van der Waals surface area contributed by atoms with Crippen LogP contribution in [0.5, 0.6) is 0 Å². The van der Waals surface area contributed by atoms with Crippen LogP contribution < -0.4 is 0 Å². The van der Waals surface area contributed by atoms with E-state index in [0.29, 0.717) is 13.2 Å². The molecule has 1 aromatic carbocycles. The highest BCUT2D eigenvalue weighted by molar-refractivity contribution is 5.69. The van der Waals surface area contributed by atoms with Crippen LogP contribution in [0.1, 0.15) is 25.8 Å². The highest BCUT2D eigenvalue weighted by atomic mass is 16.6. The Kier molecular flexibility index (Phi) is 3.21. The SMILES string of the molecule is CC1(C)[C@@H]2[C@@H](CCN2C(=O)OCc2ccccc2)[C@@H]1O. The minimum atomic E-state index is -0.306. The van der Waals surface area contributed by atoms with Crippen molar-refractivity contribution in [3.05, 3.63) is 35.9 Å². The van der Waals surface area contributed by atoms with Gasteiger partial charge in [0.2, 0.25) is 0 Å². The quantitative estimate of drug-likeness (QED) is 0.901. The Morgan fingerprint density at radius 3 is 2.80 bits per heavy atom. The van der Waals surface area contributed by atoms with Crippen LogP contribution in [0, 0.1) is 11.3 Å². The number of nitrogens with zero attached hydrogens (tertiary/aromatic N) is 1. The zero-order valence-electron chi connectivity index (χ0n) is 12.0. The summed E-state index contributed by atoms with van der Waals surface area (Å²) in [6, 6.07) is 9.80. The van der Waals surface area contributed by atoms with Gasteiger partial charge in [-0.25, -0.2) is 4.79 Å². The minimum Gasteiger partial charge on any atom is -0.445 e. The molecule has 2 aliphatic rings. The monoisotopic (exact) mass is 275 g/mol. The molecule has 1 aromatic rings. The zero-order chi connectivity index (χ0) is 14.3. The maximum atomic E-state index is 12.2. The zero-order valence-corrected chi connectivity index (χ0v) is 12.0. The van der Waals surface area contributed by atoms with Gasteiger partial charge in [-0.05, 0) is 12.0 Å². The molecule has 4 heteroatoms. The summed E-state index contributed by atoms with van der Waals surface area (Å²) >= 11 is 0. The Morgan fingerprint density at radius 2 is 2.10 bits per heavy atom. The molecule has 4 nitrogen and oxygen atoms in total. The molecular formula is C16H21NO3. The number of rotatable bonds is 2. The molecule has 1 aliphatic carbocycles. The predicted octanol–water partition coefficient (Wildman–Crippen LogP) is 2.41. The van der Waals surface area contributed by atoms with Crippen LogP contribution in [0.3, 0.4) is 0 Å². The van der Waals surface area contributed by atoms with Gasteiger partial charge in [-0.3, -0.25) is 0 Å². The van der Waals surface area contributed by atoms with E-state index in [4.69, 9.17) is 4.74 Å². The van der Waals surface area contributed by atoms with E-state index in [9.17, 15) is 9.90 Å². The summed E-state index contributed by atoms with van der Waals surface area (Å²) < 4.78 is 5.40. The molecule has 1 aliphatic heterocycles. The number of likely N-dealkylation sites (tertiary alicyclic amines) is 1. The molecular weight excluding hydrogens is 254 g/mol. The van der Waals surface area contributed by atoms with E-state index in [-0.39, 0.29) is 29.6 Å². The van der Waals surface area contributed by atoms with Gasteiger partial charge in [0.15, 0.2) is 0 Å². The van der Waals surface area contributed by atoms with Crippen LogP contribution in [-0.2, 0) is 11.3 Å². The fourth-order valence-corrected chi connectivity index (χ4v) is 3.72. The summed E-state index contributed by atoms with van der Waals surface area (Å²) in [7, 11) is 0. The van der Waals surface area contributed by atoms with Crippen molar-refractivity contribution in [2.75, 3.05) is 6.54 Å². The molecule has 1 saturated carbocycles. The molecule has 1 saturated heterocycles. The van der Waals surface area contributed by atoms with Crippen LogP contribution in [0.15, 0.2) is 30.3 Å². The minimum absolute atomic E-state index is 0.112. The van der Waals surface area contributed by atoms with Crippen LogP contribution in [0.2, 0.25) is 0 Å². The number of hydrogen-bond donors (Lipinski definition) is 1. The summed E-state index contributed by atoms with van der Waals surface area (Å²) in [5.74, 6) is 0.217. The van der Waals surface area contributed by atoms with E-state index in [0.717, 1.165) is 12.0 Å². The second-order valence-corrected chi connectivity index (χ2v) is 6.40. The van der Waals surface area contributed by atoms with E-state index in [1.54, 1.807) is 4.90 Å². The lowest BCUT2D eigenvalue weighted by Crippen LogP contribution is -2.64. The van der Waals surface area contributed by atoms with Crippen molar-refractivity contribution in [1.29, 1.82) is 0 Å². The van der Waals surface area contributed by atoms with Crippen LogP contribution in [-0.4, -0.2) is 34.8 Å². The Balaban J connectivity index is 1.61. The van der Waals surface area contributed by atoms with Crippen LogP contribution in [0.25, 0.3) is 0 Å². The number of amides is 1. The van der Waals surface area contributed by atoms with Gasteiger partial charge in [-0.2, -0.15) is 0 Å². The Bertz CT molecular complexity index is 500. The molecule has 2 fully saturated rings. The van der Waals surface area contributed by atoms with Crippen LogP contribution in [0.4, 0.5) is 4.79 Å². The summed E-state index contributed by atoms with van der Waals surface area (Å²) in [5, 5.41) is 10.1. The molecule has 0 spiro atoms. The van der Waals surface area contributed by atoms with Crippen molar-refractivity contribution in [2.24, 2.45) is 11.3 Å². The maximum Gasteiger partial charge on any atom is 0.410 e. The number of aliphatic hydroxyl groups is 1. The van der Waals surface area contributed by atoms with Crippen molar-refractivity contribution in [1.82, 2.24) is 4.90 Å². The molecule has 3 atom stereocenters. The lowest BCUT2D eigenvalue weighted by molar-refractivity contribution is -0.138. The van der Waals surface area contributed by atoms with Crippen molar-refractivity contribution in [2.45, 2.75) is 39.0 Å². The number of aliphatic hydroxyl groups excluding tert-OH is 1. The average Bonchev–Trinajstić information content (AvgIpc) is 2.88. The Labute approximate surface area is 119 Å². The standard InChI is InChI=1S/C16H21NO3/c1-16(2)13-12(14(16)18)8-9-17(13)15(19)20-10-11-6-4-3-5-7-11/h3-7,12-14,18H,8-10H2,1-2H3/t12-,13+,14+/m1/s1. The lowest BCUT2D eigenvalue weighted by atomic mass is 9.58. The second-order valence-electron chi connectivity index (χ2n) is 6.40. The second kappa shape index (κ2) is 4.77. The smallest absolute Gasteiger partial charge is 0.410 e. The maximum absolute atomic E-state index is 12.2. The van der Waals surface area contributed by atoms with Crippen molar-refractivity contribution in [3.63, 3.8) is 0 Å². The van der Waals surface area contributed by atoms with Gasteiger partial charge in [0, 0.05) is 23.9 Å². The molecule has 108 valence electrons. The summed E-state index contributed by atoms with van der Waals surface area (Å²) in [5.41, 5.74) is 0.761. The van der Waals surface area contributed by atoms with Gasteiger partial charge in [0.05, 0.1) is 6.10 Å². The lowest BCUT2D eigenvalue weighted by Gasteiger charge is -2.54. The van der Waals surface area contributed by atoms with Gasteiger partial charge in [-0.15, -0.1) is 0 Å². The van der Waals surface area contributed by atoms with Gasteiger partial charge in [0.25, 0.3) is 0 Å². The molecule has 3 rings (SSSR count). The van der Waals surface area contributed by atoms with E-state index in [1.165, 1.54) is 0 Å². The third-order valence-corrected chi connectivity index (χ3v) is 4.81. The molecule has 0 radical (unpaired) electrons. The first-order chi connectivity index (χ1) is 9.51. The first kappa shape index (κ1) is 13.4. The Morgan fingerprint density at radius 1 is 1.40 bits per heavy atom. The third-order valence-electron chi connectivity index (χ3n) is 4.81. The summed E-state index contributed by atoms with van der Waals surface area (Å²) in [6.07, 6.45) is 0.302. The number of carbonyl (C=O) groups excluding carboxylic acids is 1. The van der Waals surface area contributed by atoms with E-state index >= 15 is 0 Å². The largest absolute Gasteiger partial charge is 0.445 e. The van der Waals surface area contributed by atoms with Gasteiger partial charge in [0.1, 0.15) is 6.61 Å². The first-order valence-corrected chi connectivity index (χ1v) is 7.17. The van der Waals surface area contributed by atoms with E-state index < -0.39 is 0 Å². The topological polar surface area (TPSA) is 49.8 Å². The molecule has 0 aromatic heterocycles. The number of benzene rings is 1. The molecule has 20 heavy (non-hydrogen) atoms. The van der Waals surface area contributed by atoms with Crippen molar-refractivity contribution < 1.29 is 14.6 Å². The summed E-state index contributed by atoms with van der Waals surface area (Å²) in [6.45, 7) is 5.02. The molecule has 0 unspecified atom stereocenters. The van der Waals surface area contributed by atoms with Crippen molar-refractivity contribution in [3.8, 4) is 0 Å². The van der Waals surface area contributed by atoms with Crippen LogP contribution >= 0.6 is 0 Å². The van der Waals surface area contributed by atoms with Gasteiger partial charge < -0.3 is 14.7 Å². The molecule has 0 bridgehead atoms. The third kappa shape index (κ3) is 1.99. The average molecular weight is 275 g/mol. The fourth-order valence-electron chi connectivity index (χ4n) is 3.72. The fraction of sp³-hybridized carbons (Fsp3) is 0.562. The van der Waals surface area contributed by atoms with Gasteiger partial charge >= 0.3 is 6.09 Å². The number of carbonyl (C=O) groups is 1. The normalized spacial score (nSPS) is 30.6.